The molecule has 0 bridgehead atoms. The van der Waals surface area contributed by atoms with E-state index in [0.29, 0.717) is 19.0 Å². The third kappa shape index (κ3) is 3.36. The Balaban J connectivity index is 1.30. The van der Waals surface area contributed by atoms with E-state index >= 15 is 0 Å². The molecule has 1 saturated heterocycles. The minimum atomic E-state index is -0.753. The molecule has 1 unspecified atom stereocenters. The van der Waals surface area contributed by atoms with Crippen LogP contribution in [0.5, 0.6) is 0 Å². The van der Waals surface area contributed by atoms with Gasteiger partial charge in [0.05, 0.1) is 5.60 Å². The molecule has 1 aliphatic heterocycles. The number of aliphatic hydroxyl groups is 1. The topological polar surface area (TPSA) is 69.8 Å². The van der Waals surface area contributed by atoms with E-state index in [0.717, 1.165) is 36.8 Å². The number of likely N-dealkylation sites (N-methyl/N-ethyl adjacent to an activating group) is 1. The molecule has 146 valence electrons. The molecule has 7 heteroatoms. The van der Waals surface area contributed by atoms with Crippen LogP contribution < -0.4 is 4.90 Å². The summed E-state index contributed by atoms with van der Waals surface area (Å²) in [5.74, 6) is 2.33. The molecule has 2 aliphatic rings. The average Bonchev–Trinajstić information content (AvgIpc) is 3.34. The number of β-amino-alcohol motifs (C(OH)–C–C–N with tert-alkyl or cyclic N) is 1. The molecule has 28 heavy (non-hydrogen) atoms. The number of anilines is 1. The summed E-state index contributed by atoms with van der Waals surface area (Å²) in [7, 11) is 1.98. The zero-order valence-corrected chi connectivity index (χ0v) is 16.2. The van der Waals surface area contributed by atoms with E-state index < -0.39 is 5.60 Å². The van der Waals surface area contributed by atoms with Crippen LogP contribution in [0.15, 0.2) is 42.7 Å². The maximum Gasteiger partial charge on any atom is 0.203 e. The molecule has 3 heterocycles. The molecule has 0 amide bonds. The van der Waals surface area contributed by atoms with Gasteiger partial charge in [0.1, 0.15) is 5.82 Å². The third-order valence-electron chi connectivity index (χ3n) is 5.83. The molecule has 0 radical (unpaired) electrons. The van der Waals surface area contributed by atoms with Gasteiger partial charge in [-0.05, 0) is 24.8 Å². The molecule has 1 aliphatic carbocycles. The minimum absolute atomic E-state index is 0.524. The molecule has 5 rings (SSSR count). The first-order chi connectivity index (χ1) is 13.6. The Kier molecular flexibility index (Phi) is 4.29. The van der Waals surface area contributed by atoms with Gasteiger partial charge in [-0.15, -0.1) is 10.2 Å². The van der Waals surface area contributed by atoms with Crippen molar-refractivity contribution < 1.29 is 5.11 Å². The lowest BCUT2D eigenvalue weighted by atomic mass is 10.0. The predicted octanol–water partition coefficient (Wildman–Crippen LogP) is 2.07. The molecule has 2 aromatic heterocycles. The summed E-state index contributed by atoms with van der Waals surface area (Å²) in [5.41, 5.74) is 1.30. The predicted molar refractivity (Wildman–Crippen MR) is 107 cm³/mol. The second kappa shape index (κ2) is 6.83. The quantitative estimate of drug-likeness (QED) is 0.708. The zero-order chi connectivity index (χ0) is 19.1. The highest BCUT2D eigenvalue weighted by Crippen LogP contribution is 2.39. The van der Waals surface area contributed by atoms with Gasteiger partial charge in [0, 0.05) is 51.5 Å². The Labute approximate surface area is 164 Å². The van der Waals surface area contributed by atoms with Crippen molar-refractivity contribution in [3.63, 3.8) is 0 Å². The van der Waals surface area contributed by atoms with Gasteiger partial charge in [0.2, 0.25) is 5.65 Å². The number of likely N-dealkylation sites (tertiary alicyclic amines) is 1. The number of rotatable bonds is 6. The van der Waals surface area contributed by atoms with E-state index in [4.69, 9.17) is 0 Å². The van der Waals surface area contributed by atoms with Crippen molar-refractivity contribution in [1.82, 2.24) is 24.5 Å². The van der Waals surface area contributed by atoms with E-state index in [2.05, 4.69) is 48.7 Å². The van der Waals surface area contributed by atoms with E-state index in [1.54, 1.807) is 6.20 Å². The van der Waals surface area contributed by atoms with Crippen molar-refractivity contribution in [3.8, 4) is 0 Å². The summed E-state index contributed by atoms with van der Waals surface area (Å²) >= 11 is 0. The molecular weight excluding hydrogens is 352 g/mol. The highest BCUT2D eigenvalue weighted by molar-refractivity contribution is 5.63. The lowest BCUT2D eigenvalue weighted by molar-refractivity contribution is 0.0561. The summed E-state index contributed by atoms with van der Waals surface area (Å²) < 4.78 is 2.05. The largest absolute Gasteiger partial charge is 0.387 e. The highest BCUT2D eigenvalue weighted by atomic mass is 16.3. The summed E-state index contributed by atoms with van der Waals surface area (Å²) in [6.07, 6.45) is 6.87. The molecule has 1 saturated carbocycles. The van der Waals surface area contributed by atoms with Gasteiger partial charge in [-0.3, -0.25) is 9.30 Å². The van der Waals surface area contributed by atoms with Crippen LogP contribution in [0.4, 0.5) is 5.82 Å². The van der Waals surface area contributed by atoms with Crippen molar-refractivity contribution in [2.24, 2.45) is 0 Å². The number of hydrogen-bond acceptors (Lipinski definition) is 6. The van der Waals surface area contributed by atoms with Gasteiger partial charge < -0.3 is 10.0 Å². The van der Waals surface area contributed by atoms with Gasteiger partial charge in [-0.2, -0.15) is 0 Å². The Morgan fingerprint density at radius 2 is 2.04 bits per heavy atom. The fourth-order valence-electron chi connectivity index (χ4n) is 4.28. The normalized spacial score (nSPS) is 22.8. The lowest BCUT2D eigenvalue weighted by Crippen LogP contribution is -2.44. The first-order valence-corrected chi connectivity index (χ1v) is 10.0. The number of fused-ring (bicyclic) bond motifs is 1. The van der Waals surface area contributed by atoms with Gasteiger partial charge in [0.25, 0.3) is 0 Å². The number of nitrogens with zero attached hydrogens (tertiary/aromatic N) is 6. The second-order valence-corrected chi connectivity index (χ2v) is 8.30. The van der Waals surface area contributed by atoms with Crippen LogP contribution in [-0.4, -0.2) is 61.9 Å². The summed E-state index contributed by atoms with van der Waals surface area (Å²) in [6, 6.07) is 10.4. The molecular formula is C21H26N6O. The molecule has 7 nitrogen and oxygen atoms in total. The van der Waals surface area contributed by atoms with Crippen molar-refractivity contribution in [2.75, 3.05) is 31.6 Å². The Hall–Kier alpha value is -2.51. The maximum atomic E-state index is 11.2. The van der Waals surface area contributed by atoms with E-state index in [1.807, 2.05) is 24.2 Å². The van der Waals surface area contributed by atoms with Crippen molar-refractivity contribution in [1.29, 1.82) is 0 Å². The van der Waals surface area contributed by atoms with Crippen LogP contribution in [0.3, 0.4) is 0 Å². The first kappa shape index (κ1) is 17.6. The fraction of sp³-hybridized carbons (Fsp3) is 0.476. The first-order valence-electron chi connectivity index (χ1n) is 10.0. The SMILES string of the molecule is CN(CC1(O)CCN(Cc2ccccc2)C1)c1nccn2c(C3CC3)nnc12. The lowest BCUT2D eigenvalue weighted by Gasteiger charge is -2.29. The van der Waals surface area contributed by atoms with E-state index in [9.17, 15) is 5.11 Å². The standard InChI is InChI=1S/C21H26N6O/c1-25(19-20-24-23-18(17-7-8-17)27(20)12-10-22-19)14-21(28)9-11-26(15-21)13-16-5-3-2-4-6-16/h2-6,10,12,17,28H,7-9,11,13-15H2,1H3. The van der Waals surface area contributed by atoms with Gasteiger partial charge in [-0.1, -0.05) is 30.3 Å². The van der Waals surface area contributed by atoms with Crippen LogP contribution in [0.25, 0.3) is 5.65 Å². The molecule has 3 aromatic rings. The van der Waals surface area contributed by atoms with Crippen LogP contribution >= 0.6 is 0 Å². The van der Waals surface area contributed by atoms with Crippen molar-refractivity contribution in [3.05, 3.63) is 54.1 Å². The number of hydrogen-bond donors (Lipinski definition) is 1. The summed E-state index contributed by atoms with van der Waals surface area (Å²) in [5, 5.41) is 20.0. The monoisotopic (exact) mass is 378 g/mol. The number of aromatic nitrogens is 4. The zero-order valence-electron chi connectivity index (χ0n) is 16.2. The second-order valence-electron chi connectivity index (χ2n) is 8.30. The summed E-state index contributed by atoms with van der Waals surface area (Å²) in [6.45, 7) is 2.95. The molecule has 2 fully saturated rings. The number of benzene rings is 1. The van der Waals surface area contributed by atoms with Crippen molar-refractivity contribution >= 4 is 11.5 Å². The van der Waals surface area contributed by atoms with Crippen molar-refractivity contribution in [2.45, 2.75) is 37.3 Å². The Morgan fingerprint density at radius 1 is 1.21 bits per heavy atom. The van der Waals surface area contributed by atoms with Crippen LogP contribution in [0.2, 0.25) is 0 Å². The molecule has 1 N–H and O–H groups in total. The van der Waals surface area contributed by atoms with Gasteiger partial charge >= 0.3 is 0 Å². The fourth-order valence-corrected chi connectivity index (χ4v) is 4.28. The minimum Gasteiger partial charge on any atom is -0.387 e. The summed E-state index contributed by atoms with van der Waals surface area (Å²) in [4.78, 5) is 8.88. The Bertz CT molecular complexity index is 969. The van der Waals surface area contributed by atoms with E-state index in [-0.39, 0.29) is 0 Å². The molecule has 1 aromatic carbocycles. The van der Waals surface area contributed by atoms with Crippen LogP contribution in [-0.2, 0) is 6.54 Å². The third-order valence-corrected chi connectivity index (χ3v) is 5.83. The highest BCUT2D eigenvalue weighted by Gasteiger charge is 2.38. The molecule has 0 spiro atoms. The molecule has 1 atom stereocenters. The maximum absolute atomic E-state index is 11.2. The van der Waals surface area contributed by atoms with Crippen LogP contribution in [0.1, 0.15) is 36.6 Å². The average molecular weight is 378 g/mol. The smallest absolute Gasteiger partial charge is 0.203 e. The van der Waals surface area contributed by atoms with Crippen LogP contribution in [0, 0.1) is 0 Å². The van der Waals surface area contributed by atoms with E-state index in [1.165, 1.54) is 18.4 Å². The Morgan fingerprint density at radius 3 is 2.82 bits per heavy atom. The van der Waals surface area contributed by atoms with Gasteiger partial charge in [-0.25, -0.2) is 4.98 Å². The van der Waals surface area contributed by atoms with Gasteiger partial charge in [0.15, 0.2) is 5.82 Å².